The van der Waals surface area contributed by atoms with Crippen molar-refractivity contribution in [2.24, 2.45) is 11.1 Å². The molecule has 2 rings (SSSR count). The quantitative estimate of drug-likeness (QED) is 0.688. The number of hydrogen-bond donors (Lipinski definition) is 1. The Labute approximate surface area is 119 Å². The van der Waals surface area contributed by atoms with Crippen LogP contribution < -0.4 is 10.6 Å². The van der Waals surface area contributed by atoms with Gasteiger partial charge in [-0.3, -0.25) is 10.1 Å². The van der Waals surface area contributed by atoms with Crippen molar-refractivity contribution in [2.45, 2.75) is 19.5 Å². The van der Waals surface area contributed by atoms with Gasteiger partial charge in [-0.2, -0.15) is 13.2 Å². The van der Waals surface area contributed by atoms with E-state index in [0.717, 1.165) is 12.5 Å². The fourth-order valence-electron chi connectivity index (χ4n) is 2.51. The molecular weight excluding hydrogens is 287 g/mol. The SMILES string of the molecule is CC1(CN)CCN(c2ccc(C(F)(F)F)cc2[N+](=O)[O-])C1. The molecule has 5 nitrogen and oxygen atoms in total. The maximum atomic E-state index is 12.7. The van der Waals surface area contributed by atoms with Crippen LogP contribution in [0.2, 0.25) is 0 Å². The molecule has 1 aromatic rings. The highest BCUT2D eigenvalue weighted by Gasteiger charge is 2.37. The van der Waals surface area contributed by atoms with Crippen LogP contribution in [0.3, 0.4) is 0 Å². The van der Waals surface area contributed by atoms with Crippen LogP contribution in [0.5, 0.6) is 0 Å². The average molecular weight is 303 g/mol. The summed E-state index contributed by atoms with van der Waals surface area (Å²) < 4.78 is 38.0. The molecule has 0 bridgehead atoms. The first-order valence-corrected chi connectivity index (χ1v) is 6.47. The van der Waals surface area contributed by atoms with Crippen molar-refractivity contribution in [3.05, 3.63) is 33.9 Å². The smallest absolute Gasteiger partial charge is 0.365 e. The van der Waals surface area contributed by atoms with Crippen molar-refractivity contribution in [3.8, 4) is 0 Å². The lowest BCUT2D eigenvalue weighted by atomic mass is 9.90. The number of alkyl halides is 3. The first kappa shape index (κ1) is 15.6. The van der Waals surface area contributed by atoms with Crippen LogP contribution >= 0.6 is 0 Å². The molecule has 0 aliphatic carbocycles. The van der Waals surface area contributed by atoms with Crippen molar-refractivity contribution in [2.75, 3.05) is 24.5 Å². The van der Waals surface area contributed by atoms with Crippen LogP contribution in [0.15, 0.2) is 18.2 Å². The Morgan fingerprint density at radius 2 is 2.14 bits per heavy atom. The molecule has 1 atom stereocenters. The standard InChI is InChI=1S/C13H16F3N3O2/c1-12(7-17)4-5-18(8-12)10-3-2-9(13(14,15)16)6-11(10)19(20)21/h2-3,6H,4-5,7-8,17H2,1H3. The van der Waals surface area contributed by atoms with Gasteiger partial charge in [-0.1, -0.05) is 6.92 Å². The normalized spacial score (nSPS) is 22.6. The fourth-order valence-corrected chi connectivity index (χ4v) is 2.51. The number of halogens is 3. The highest BCUT2D eigenvalue weighted by atomic mass is 19.4. The number of benzene rings is 1. The number of hydrogen-bond acceptors (Lipinski definition) is 4. The summed E-state index contributed by atoms with van der Waals surface area (Å²) in [5.74, 6) is 0. The summed E-state index contributed by atoms with van der Waals surface area (Å²) in [7, 11) is 0. The van der Waals surface area contributed by atoms with Gasteiger partial charge in [-0.25, -0.2) is 0 Å². The Kier molecular flexibility index (Phi) is 3.83. The molecule has 1 saturated heterocycles. The Morgan fingerprint density at radius 3 is 2.62 bits per heavy atom. The molecule has 1 heterocycles. The molecule has 1 aliphatic heterocycles. The van der Waals surface area contributed by atoms with Crippen molar-refractivity contribution < 1.29 is 18.1 Å². The van der Waals surface area contributed by atoms with E-state index >= 15 is 0 Å². The minimum Gasteiger partial charge on any atom is -0.365 e. The van der Waals surface area contributed by atoms with Crippen molar-refractivity contribution >= 4 is 11.4 Å². The van der Waals surface area contributed by atoms with E-state index in [9.17, 15) is 23.3 Å². The molecule has 0 saturated carbocycles. The van der Waals surface area contributed by atoms with Gasteiger partial charge in [-0.05, 0) is 30.5 Å². The van der Waals surface area contributed by atoms with Gasteiger partial charge >= 0.3 is 6.18 Å². The molecule has 0 spiro atoms. The second kappa shape index (κ2) is 5.18. The van der Waals surface area contributed by atoms with E-state index in [2.05, 4.69) is 0 Å². The third kappa shape index (κ3) is 3.10. The lowest BCUT2D eigenvalue weighted by molar-refractivity contribution is -0.384. The molecule has 2 N–H and O–H groups in total. The molecule has 1 aromatic carbocycles. The fraction of sp³-hybridized carbons (Fsp3) is 0.538. The third-order valence-corrected chi connectivity index (χ3v) is 3.89. The molecular formula is C13H16F3N3O2. The van der Waals surface area contributed by atoms with Crippen LogP contribution in [0, 0.1) is 15.5 Å². The van der Waals surface area contributed by atoms with Crippen LogP contribution in [0.4, 0.5) is 24.5 Å². The van der Waals surface area contributed by atoms with E-state index in [0.29, 0.717) is 25.7 Å². The van der Waals surface area contributed by atoms with E-state index < -0.39 is 22.4 Å². The van der Waals surface area contributed by atoms with Gasteiger partial charge in [0.15, 0.2) is 0 Å². The monoisotopic (exact) mass is 303 g/mol. The van der Waals surface area contributed by atoms with Gasteiger partial charge in [-0.15, -0.1) is 0 Å². The van der Waals surface area contributed by atoms with Crippen molar-refractivity contribution in [3.63, 3.8) is 0 Å². The summed E-state index contributed by atoms with van der Waals surface area (Å²) >= 11 is 0. The average Bonchev–Trinajstić information content (AvgIpc) is 2.80. The van der Waals surface area contributed by atoms with Crippen LogP contribution in [0.25, 0.3) is 0 Å². The lowest BCUT2D eigenvalue weighted by Crippen LogP contribution is -2.31. The minimum atomic E-state index is -4.60. The van der Waals surface area contributed by atoms with Gasteiger partial charge < -0.3 is 10.6 Å². The summed E-state index contributed by atoms with van der Waals surface area (Å²) in [5.41, 5.74) is 4.18. The van der Waals surface area contributed by atoms with Gasteiger partial charge in [0.25, 0.3) is 5.69 Å². The zero-order valence-corrected chi connectivity index (χ0v) is 11.5. The summed E-state index contributed by atoms with van der Waals surface area (Å²) in [6, 6.07) is 2.64. The van der Waals surface area contributed by atoms with Crippen molar-refractivity contribution in [1.29, 1.82) is 0 Å². The Balaban J connectivity index is 2.39. The Morgan fingerprint density at radius 1 is 1.48 bits per heavy atom. The molecule has 1 fully saturated rings. The molecule has 116 valence electrons. The number of nitro groups is 1. The number of nitrogens with two attached hydrogens (primary N) is 1. The summed E-state index contributed by atoms with van der Waals surface area (Å²) in [5, 5.41) is 11.1. The van der Waals surface area contributed by atoms with Crippen LogP contribution in [-0.2, 0) is 6.18 Å². The molecule has 0 radical (unpaired) electrons. The van der Waals surface area contributed by atoms with E-state index in [1.165, 1.54) is 6.07 Å². The first-order valence-electron chi connectivity index (χ1n) is 6.47. The van der Waals surface area contributed by atoms with Crippen LogP contribution in [0.1, 0.15) is 18.9 Å². The maximum Gasteiger partial charge on any atom is 0.416 e. The topological polar surface area (TPSA) is 72.4 Å². The predicted octanol–water partition coefficient (Wildman–Crippen LogP) is 2.79. The zero-order valence-electron chi connectivity index (χ0n) is 11.5. The zero-order chi connectivity index (χ0) is 15.8. The van der Waals surface area contributed by atoms with Crippen LogP contribution in [-0.4, -0.2) is 24.6 Å². The summed E-state index contributed by atoms with van der Waals surface area (Å²) in [6.45, 7) is 3.43. The van der Waals surface area contributed by atoms with Gasteiger partial charge in [0.1, 0.15) is 5.69 Å². The van der Waals surface area contributed by atoms with Gasteiger partial charge in [0.05, 0.1) is 10.5 Å². The second-order valence-corrected chi connectivity index (χ2v) is 5.64. The third-order valence-electron chi connectivity index (χ3n) is 3.89. The molecule has 1 unspecified atom stereocenters. The summed E-state index contributed by atoms with van der Waals surface area (Å²) in [6.07, 6.45) is -3.85. The maximum absolute atomic E-state index is 12.7. The molecule has 8 heteroatoms. The number of anilines is 1. The lowest BCUT2D eigenvalue weighted by Gasteiger charge is -2.24. The number of rotatable bonds is 3. The molecule has 0 amide bonds. The Hall–Kier alpha value is -1.83. The highest BCUT2D eigenvalue weighted by Crippen LogP contribution is 2.40. The number of nitro benzene ring substituents is 1. The second-order valence-electron chi connectivity index (χ2n) is 5.64. The van der Waals surface area contributed by atoms with E-state index in [1.54, 1.807) is 4.90 Å². The number of nitrogens with zero attached hydrogens (tertiary/aromatic N) is 2. The molecule has 21 heavy (non-hydrogen) atoms. The van der Waals surface area contributed by atoms with E-state index in [4.69, 9.17) is 5.73 Å². The van der Waals surface area contributed by atoms with Crippen molar-refractivity contribution in [1.82, 2.24) is 0 Å². The minimum absolute atomic E-state index is 0.170. The first-order chi connectivity index (χ1) is 9.66. The Bertz CT molecular complexity index is 562. The highest BCUT2D eigenvalue weighted by molar-refractivity contribution is 5.65. The van der Waals surface area contributed by atoms with E-state index in [-0.39, 0.29) is 11.1 Å². The molecule has 1 aliphatic rings. The predicted molar refractivity (Wildman–Crippen MR) is 72.1 cm³/mol. The van der Waals surface area contributed by atoms with Gasteiger partial charge in [0.2, 0.25) is 0 Å². The van der Waals surface area contributed by atoms with Gasteiger partial charge in [0, 0.05) is 19.2 Å². The molecule has 0 aromatic heterocycles. The largest absolute Gasteiger partial charge is 0.416 e. The summed E-state index contributed by atoms with van der Waals surface area (Å²) in [4.78, 5) is 12.0. The van der Waals surface area contributed by atoms with E-state index in [1.807, 2.05) is 6.92 Å².